The number of carbonyl (C=O) groups is 1. The van der Waals surface area contributed by atoms with Gasteiger partial charge in [0.15, 0.2) is 0 Å². The highest BCUT2D eigenvalue weighted by Crippen LogP contribution is 2.13. The van der Waals surface area contributed by atoms with Gasteiger partial charge < -0.3 is 9.84 Å². The van der Waals surface area contributed by atoms with Crippen LogP contribution in [0.25, 0.3) is 0 Å². The van der Waals surface area contributed by atoms with Crippen LogP contribution in [0.4, 0.5) is 0 Å². The van der Waals surface area contributed by atoms with Crippen molar-refractivity contribution in [3.05, 3.63) is 12.2 Å². The van der Waals surface area contributed by atoms with Gasteiger partial charge in [-0.3, -0.25) is 4.79 Å². The predicted molar refractivity (Wildman–Crippen MR) is 39.9 cm³/mol. The third-order valence-corrected chi connectivity index (χ3v) is 1.61. The molecular formula is C8H12O3. The second-order valence-electron chi connectivity index (χ2n) is 2.68. The van der Waals surface area contributed by atoms with Crippen molar-refractivity contribution in [1.82, 2.24) is 0 Å². The average Bonchev–Trinajstić information content (AvgIpc) is 1.93. The van der Waals surface area contributed by atoms with Crippen LogP contribution in [-0.4, -0.2) is 23.3 Å². The van der Waals surface area contributed by atoms with E-state index in [0.717, 1.165) is 6.42 Å². The normalized spacial score (nSPS) is 30.0. The lowest BCUT2D eigenvalue weighted by Gasteiger charge is -2.18. The van der Waals surface area contributed by atoms with E-state index in [2.05, 4.69) is 0 Å². The molecule has 0 aliphatic heterocycles. The summed E-state index contributed by atoms with van der Waals surface area (Å²) in [7, 11) is 0. The lowest BCUT2D eigenvalue weighted by Crippen LogP contribution is -2.20. The number of aliphatic hydroxyl groups excluding tert-OH is 1. The van der Waals surface area contributed by atoms with Crippen molar-refractivity contribution in [2.75, 3.05) is 0 Å². The molecule has 0 heterocycles. The molecule has 0 spiro atoms. The summed E-state index contributed by atoms with van der Waals surface area (Å²) >= 11 is 0. The van der Waals surface area contributed by atoms with Crippen molar-refractivity contribution in [3.63, 3.8) is 0 Å². The van der Waals surface area contributed by atoms with E-state index in [-0.39, 0.29) is 18.2 Å². The van der Waals surface area contributed by atoms with Gasteiger partial charge in [-0.05, 0) is 18.9 Å². The fraction of sp³-hybridized carbons (Fsp3) is 0.625. The molecule has 0 unspecified atom stereocenters. The maximum Gasteiger partial charge on any atom is 0.303 e. The standard InChI is InChI=1S/C8H12O3/c1-6(9)11-8-4-2-7(10)3-5-8/h2,4,7-8,10H,3,5H2,1H3/t7-,8+/m0/s1. The second-order valence-corrected chi connectivity index (χ2v) is 2.68. The zero-order valence-corrected chi connectivity index (χ0v) is 6.49. The Hall–Kier alpha value is -0.830. The molecule has 1 N–H and O–H groups in total. The summed E-state index contributed by atoms with van der Waals surface area (Å²) in [4.78, 5) is 10.5. The Bertz CT molecular complexity index is 174. The van der Waals surface area contributed by atoms with Gasteiger partial charge in [-0.15, -0.1) is 0 Å². The summed E-state index contributed by atoms with van der Waals surface area (Å²) in [5, 5.41) is 9.03. The van der Waals surface area contributed by atoms with Crippen LogP contribution in [0.15, 0.2) is 12.2 Å². The molecule has 62 valence electrons. The monoisotopic (exact) mass is 156 g/mol. The topological polar surface area (TPSA) is 46.5 Å². The molecule has 0 radical (unpaired) electrons. The van der Waals surface area contributed by atoms with Crippen LogP contribution in [0.2, 0.25) is 0 Å². The molecule has 0 saturated heterocycles. The second kappa shape index (κ2) is 3.53. The molecule has 1 rings (SSSR count). The van der Waals surface area contributed by atoms with Gasteiger partial charge >= 0.3 is 5.97 Å². The first-order valence-electron chi connectivity index (χ1n) is 3.72. The number of aliphatic hydroxyl groups is 1. The van der Waals surface area contributed by atoms with Crippen LogP contribution >= 0.6 is 0 Å². The number of esters is 1. The van der Waals surface area contributed by atoms with Crippen LogP contribution in [-0.2, 0) is 9.53 Å². The van der Waals surface area contributed by atoms with Gasteiger partial charge in [-0.1, -0.05) is 6.08 Å². The fourth-order valence-corrected chi connectivity index (χ4v) is 1.09. The molecule has 0 bridgehead atoms. The molecule has 2 atom stereocenters. The summed E-state index contributed by atoms with van der Waals surface area (Å²) in [5.74, 6) is -0.268. The molecule has 0 aromatic heterocycles. The third kappa shape index (κ3) is 2.72. The third-order valence-electron chi connectivity index (χ3n) is 1.61. The Labute approximate surface area is 65.7 Å². The quantitative estimate of drug-likeness (QED) is 0.447. The fourth-order valence-electron chi connectivity index (χ4n) is 1.09. The SMILES string of the molecule is CC(=O)O[C@@H]1C=C[C@H](O)CC1. The first-order chi connectivity index (χ1) is 5.18. The van der Waals surface area contributed by atoms with Crippen LogP contribution in [0.5, 0.6) is 0 Å². The maximum absolute atomic E-state index is 10.5. The van der Waals surface area contributed by atoms with Crippen molar-refractivity contribution in [2.24, 2.45) is 0 Å². The van der Waals surface area contributed by atoms with Crippen molar-refractivity contribution in [3.8, 4) is 0 Å². The van der Waals surface area contributed by atoms with Gasteiger partial charge in [-0.2, -0.15) is 0 Å². The van der Waals surface area contributed by atoms with Crippen molar-refractivity contribution < 1.29 is 14.6 Å². The van der Waals surface area contributed by atoms with Crippen LogP contribution in [0, 0.1) is 0 Å². The summed E-state index contributed by atoms with van der Waals surface area (Å²) in [6, 6.07) is 0. The molecule has 3 nitrogen and oxygen atoms in total. The van der Waals surface area contributed by atoms with Gasteiger partial charge in [0, 0.05) is 6.92 Å². The molecule has 0 fully saturated rings. The van der Waals surface area contributed by atoms with Crippen LogP contribution in [0.3, 0.4) is 0 Å². The van der Waals surface area contributed by atoms with Gasteiger partial charge in [0.2, 0.25) is 0 Å². The Morgan fingerprint density at radius 1 is 1.55 bits per heavy atom. The smallest absolute Gasteiger partial charge is 0.303 e. The van der Waals surface area contributed by atoms with Gasteiger partial charge in [-0.25, -0.2) is 0 Å². The van der Waals surface area contributed by atoms with E-state index < -0.39 is 0 Å². The van der Waals surface area contributed by atoms with Crippen LogP contribution in [0.1, 0.15) is 19.8 Å². The van der Waals surface area contributed by atoms with E-state index in [4.69, 9.17) is 9.84 Å². The van der Waals surface area contributed by atoms with E-state index in [1.165, 1.54) is 6.92 Å². The molecule has 11 heavy (non-hydrogen) atoms. The highest BCUT2D eigenvalue weighted by molar-refractivity contribution is 5.66. The first-order valence-corrected chi connectivity index (χ1v) is 3.72. The number of hydrogen-bond acceptors (Lipinski definition) is 3. The zero-order valence-electron chi connectivity index (χ0n) is 6.49. The minimum Gasteiger partial charge on any atom is -0.458 e. The zero-order chi connectivity index (χ0) is 8.27. The van der Waals surface area contributed by atoms with Crippen LogP contribution < -0.4 is 0 Å². The molecular weight excluding hydrogens is 144 g/mol. The lowest BCUT2D eigenvalue weighted by molar-refractivity contribution is -0.144. The molecule has 0 aromatic carbocycles. The molecule has 0 saturated carbocycles. The van der Waals surface area contributed by atoms with Gasteiger partial charge in [0.05, 0.1) is 6.10 Å². The molecule has 0 amide bonds. The highest BCUT2D eigenvalue weighted by Gasteiger charge is 2.15. The van der Waals surface area contributed by atoms with E-state index in [1.54, 1.807) is 12.2 Å². The molecule has 1 aliphatic rings. The minimum absolute atomic E-state index is 0.129. The van der Waals surface area contributed by atoms with Crippen molar-refractivity contribution in [1.29, 1.82) is 0 Å². The van der Waals surface area contributed by atoms with E-state index in [1.807, 2.05) is 0 Å². The van der Waals surface area contributed by atoms with Gasteiger partial charge in [0.25, 0.3) is 0 Å². The molecule has 1 aliphatic carbocycles. The Morgan fingerprint density at radius 2 is 2.27 bits per heavy atom. The number of ether oxygens (including phenoxy) is 1. The molecule has 0 aromatic rings. The predicted octanol–water partition coefficient (Wildman–Crippen LogP) is 0.629. The van der Waals surface area contributed by atoms with Crippen molar-refractivity contribution in [2.45, 2.75) is 32.0 Å². The van der Waals surface area contributed by atoms with E-state index in [0.29, 0.717) is 6.42 Å². The Morgan fingerprint density at radius 3 is 2.73 bits per heavy atom. The van der Waals surface area contributed by atoms with E-state index >= 15 is 0 Å². The Kier molecular flexibility index (Phi) is 2.65. The van der Waals surface area contributed by atoms with E-state index in [9.17, 15) is 4.79 Å². The number of rotatable bonds is 1. The number of carbonyl (C=O) groups excluding carboxylic acids is 1. The maximum atomic E-state index is 10.5. The summed E-state index contributed by atoms with van der Waals surface area (Å²) < 4.78 is 4.90. The Balaban J connectivity index is 2.38. The van der Waals surface area contributed by atoms with Gasteiger partial charge in [0.1, 0.15) is 6.10 Å². The highest BCUT2D eigenvalue weighted by atomic mass is 16.5. The largest absolute Gasteiger partial charge is 0.458 e. The summed E-state index contributed by atoms with van der Waals surface area (Å²) in [5.41, 5.74) is 0. The average molecular weight is 156 g/mol. The minimum atomic E-state index is -0.359. The molecule has 3 heteroatoms. The lowest BCUT2D eigenvalue weighted by atomic mass is 10.0. The van der Waals surface area contributed by atoms with Crippen molar-refractivity contribution >= 4 is 5.97 Å². The first kappa shape index (κ1) is 8.27. The summed E-state index contributed by atoms with van der Waals surface area (Å²) in [6.45, 7) is 1.39. The summed E-state index contributed by atoms with van der Waals surface area (Å²) in [6.07, 6.45) is 4.30. The number of hydrogen-bond donors (Lipinski definition) is 1.